The molecule has 2 bridgehead atoms. The number of anilines is 1. The van der Waals surface area contributed by atoms with Gasteiger partial charge in [0.15, 0.2) is 0 Å². The summed E-state index contributed by atoms with van der Waals surface area (Å²) in [6, 6.07) is 12.5. The highest BCUT2D eigenvalue weighted by atomic mass is 32.2. The average molecular weight is 592 g/mol. The molecular formula is C34H45N3O4S. The molecule has 2 aromatic rings. The molecule has 2 aliphatic heterocycles. The van der Waals surface area contributed by atoms with E-state index in [0.717, 1.165) is 63.1 Å². The van der Waals surface area contributed by atoms with Gasteiger partial charge in [0.05, 0.1) is 18.4 Å². The second-order valence-electron chi connectivity index (χ2n) is 13.0. The number of aryl methyl sites for hydroxylation is 2. The molecule has 42 heavy (non-hydrogen) atoms. The van der Waals surface area contributed by atoms with Crippen molar-refractivity contribution in [3.8, 4) is 5.75 Å². The van der Waals surface area contributed by atoms with Gasteiger partial charge >= 0.3 is 0 Å². The first-order chi connectivity index (χ1) is 20.2. The Labute approximate surface area is 251 Å². The van der Waals surface area contributed by atoms with Crippen molar-refractivity contribution < 1.29 is 18.5 Å². The zero-order chi connectivity index (χ0) is 29.5. The van der Waals surface area contributed by atoms with Crippen LogP contribution in [-0.4, -0.2) is 55.8 Å². The van der Waals surface area contributed by atoms with Crippen LogP contribution in [0.25, 0.3) is 0 Å². The molecule has 0 saturated heterocycles. The molecule has 1 amide bonds. The van der Waals surface area contributed by atoms with E-state index in [9.17, 15) is 9.00 Å². The van der Waals surface area contributed by atoms with Crippen molar-refractivity contribution in [1.29, 1.82) is 0 Å². The highest BCUT2D eigenvalue weighted by Crippen LogP contribution is 2.46. The molecule has 1 unspecified atom stereocenters. The number of hydrogen-bond donors (Lipinski definition) is 1. The number of amides is 1. The van der Waals surface area contributed by atoms with Crippen molar-refractivity contribution in [2.45, 2.75) is 63.9 Å². The van der Waals surface area contributed by atoms with Gasteiger partial charge in [-0.25, -0.2) is 8.93 Å². The van der Waals surface area contributed by atoms with Crippen LogP contribution in [0, 0.1) is 24.7 Å². The summed E-state index contributed by atoms with van der Waals surface area (Å²) in [5.41, 5.74) is 5.37. The Morgan fingerprint density at radius 2 is 2.05 bits per heavy atom. The smallest absolute Gasteiger partial charge is 0.286 e. The lowest BCUT2D eigenvalue weighted by molar-refractivity contribution is 0.0131. The number of fused-ring (bicyclic) bond motifs is 4. The third kappa shape index (κ3) is 5.65. The fraction of sp³-hybridized carbons (Fsp3) is 0.559. The van der Waals surface area contributed by atoms with E-state index < -0.39 is 15.8 Å². The van der Waals surface area contributed by atoms with E-state index in [0.29, 0.717) is 29.8 Å². The zero-order valence-electron chi connectivity index (χ0n) is 25.4. The van der Waals surface area contributed by atoms with Crippen LogP contribution in [0.5, 0.6) is 5.75 Å². The third-order valence-corrected chi connectivity index (χ3v) is 12.1. The Morgan fingerprint density at radius 3 is 2.81 bits per heavy atom. The minimum absolute atomic E-state index is 0.0464. The van der Waals surface area contributed by atoms with E-state index >= 15 is 0 Å². The topological polar surface area (TPSA) is 80.2 Å². The minimum atomic E-state index is -2.92. The number of nitrogens with one attached hydrogen (secondary N) is 1. The lowest BCUT2D eigenvalue weighted by Gasteiger charge is -2.46. The molecular weight excluding hydrogens is 546 g/mol. The van der Waals surface area contributed by atoms with Crippen LogP contribution in [0.2, 0.25) is 0 Å². The van der Waals surface area contributed by atoms with Crippen molar-refractivity contribution in [3.05, 3.63) is 70.8 Å². The first-order valence-corrected chi connectivity index (χ1v) is 17.2. The van der Waals surface area contributed by atoms with Gasteiger partial charge in [0, 0.05) is 36.9 Å². The first-order valence-electron chi connectivity index (χ1n) is 15.5. The number of rotatable bonds is 2. The van der Waals surface area contributed by atoms with Crippen LogP contribution >= 0.6 is 0 Å². The van der Waals surface area contributed by atoms with Crippen molar-refractivity contribution in [2.75, 3.05) is 44.5 Å². The SMILES string of the molecule is CNS1(=O)=NC(=O)c2ccc3c(c2)N(C[C@@H]2CC[C@H]2[C@@H](OC)/C=C/C[C@H](C)C1)C[C@@]1(CCCc2cc(C)ccc21)CO3. The predicted octanol–water partition coefficient (Wildman–Crippen LogP) is 5.85. The summed E-state index contributed by atoms with van der Waals surface area (Å²) in [7, 11) is 0.510. The molecule has 7 nitrogen and oxygen atoms in total. The maximum atomic E-state index is 13.6. The largest absolute Gasteiger partial charge is 0.490 e. The maximum absolute atomic E-state index is 13.6. The minimum Gasteiger partial charge on any atom is -0.490 e. The number of benzene rings is 2. The Morgan fingerprint density at radius 1 is 1.19 bits per heavy atom. The number of hydrogen-bond acceptors (Lipinski definition) is 5. The summed E-state index contributed by atoms with van der Waals surface area (Å²) in [4.78, 5) is 16.0. The van der Waals surface area contributed by atoms with Gasteiger partial charge in [-0.2, -0.15) is 0 Å². The fourth-order valence-corrected chi connectivity index (χ4v) is 9.21. The summed E-state index contributed by atoms with van der Waals surface area (Å²) >= 11 is 0. The molecule has 4 aliphatic rings. The Bertz CT molecular complexity index is 1500. The van der Waals surface area contributed by atoms with Crippen molar-refractivity contribution >= 4 is 21.5 Å². The van der Waals surface area contributed by atoms with Gasteiger partial charge in [-0.05, 0) is 99.6 Å². The van der Waals surface area contributed by atoms with Gasteiger partial charge in [-0.15, -0.1) is 4.36 Å². The van der Waals surface area contributed by atoms with E-state index in [2.05, 4.69) is 58.2 Å². The van der Waals surface area contributed by atoms with E-state index in [4.69, 9.17) is 9.47 Å². The molecule has 226 valence electrons. The summed E-state index contributed by atoms with van der Waals surface area (Å²) in [6.07, 6.45) is 10.7. The lowest BCUT2D eigenvalue weighted by atomic mass is 9.68. The molecule has 0 radical (unpaired) electrons. The van der Waals surface area contributed by atoms with Gasteiger partial charge in [-0.1, -0.05) is 42.8 Å². The normalized spacial score (nSPS) is 33.8. The highest BCUT2D eigenvalue weighted by molar-refractivity contribution is 7.92. The van der Waals surface area contributed by atoms with Crippen LogP contribution in [0.15, 0.2) is 52.9 Å². The monoisotopic (exact) mass is 591 g/mol. The van der Waals surface area contributed by atoms with Gasteiger partial charge in [0.25, 0.3) is 5.91 Å². The summed E-state index contributed by atoms with van der Waals surface area (Å²) < 4.78 is 33.4. The maximum Gasteiger partial charge on any atom is 0.286 e. The molecule has 2 heterocycles. The molecule has 6 atom stereocenters. The Balaban J connectivity index is 1.45. The van der Waals surface area contributed by atoms with Gasteiger partial charge in [0.2, 0.25) is 0 Å². The molecule has 2 aliphatic carbocycles. The first kappa shape index (κ1) is 29.4. The Hall–Kier alpha value is -2.68. The molecule has 1 saturated carbocycles. The number of methoxy groups -OCH3 is 1. The van der Waals surface area contributed by atoms with Gasteiger partial charge in [-0.3, -0.25) is 4.79 Å². The molecule has 1 N–H and O–H groups in total. The van der Waals surface area contributed by atoms with Crippen LogP contribution in [0.3, 0.4) is 0 Å². The summed E-state index contributed by atoms with van der Waals surface area (Å²) in [6.45, 7) is 6.52. The molecule has 1 spiro atoms. The molecule has 8 heteroatoms. The van der Waals surface area contributed by atoms with Gasteiger partial charge in [0.1, 0.15) is 15.7 Å². The Kier molecular flexibility index (Phi) is 8.24. The second-order valence-corrected chi connectivity index (χ2v) is 15.2. The average Bonchev–Trinajstić information content (AvgIpc) is 3.11. The molecule has 1 fully saturated rings. The van der Waals surface area contributed by atoms with Crippen LogP contribution < -0.4 is 14.4 Å². The van der Waals surface area contributed by atoms with Crippen LogP contribution in [0.1, 0.15) is 66.1 Å². The number of nitrogens with zero attached hydrogens (tertiary/aromatic N) is 2. The van der Waals surface area contributed by atoms with Crippen molar-refractivity contribution in [3.63, 3.8) is 0 Å². The standard InChI is InChI=1S/C34H45N3O4S/c1-23-10-14-29-25(17-23)8-6-16-34(29)21-37-19-27-11-13-28(27)31(40-4)9-5-7-24(2)20-42(39,35-3)36-33(38)26-12-15-32(41-22-34)30(37)18-26/h5,9-10,12,14-15,17-18,24,27-28,31H,6-8,11,13,16,19-22H2,1-4H3,(H,35,36,38,39)/b9-5+/t24-,27-,28+,31-,34-,42?/m0/s1. The van der Waals surface area contributed by atoms with E-state index in [1.807, 2.05) is 19.2 Å². The van der Waals surface area contributed by atoms with Crippen molar-refractivity contribution in [2.24, 2.45) is 22.1 Å². The van der Waals surface area contributed by atoms with E-state index in [-0.39, 0.29) is 17.4 Å². The number of carbonyl (C=O) groups is 1. The highest BCUT2D eigenvalue weighted by Gasteiger charge is 2.44. The zero-order valence-corrected chi connectivity index (χ0v) is 26.3. The summed E-state index contributed by atoms with van der Waals surface area (Å²) in [5, 5.41) is 0. The number of allylic oxidation sites excluding steroid dienone is 1. The predicted molar refractivity (Wildman–Crippen MR) is 169 cm³/mol. The second kappa shape index (κ2) is 11.8. The lowest BCUT2D eigenvalue weighted by Crippen LogP contribution is -2.49. The third-order valence-electron chi connectivity index (χ3n) is 10.0. The molecule has 6 rings (SSSR count). The number of ether oxygens (including phenoxy) is 2. The molecule has 0 aromatic heterocycles. The quantitative estimate of drug-likeness (QED) is 0.444. The van der Waals surface area contributed by atoms with E-state index in [1.54, 1.807) is 13.1 Å². The number of carbonyl (C=O) groups excluding carboxylic acids is 1. The fourth-order valence-electron chi connectivity index (χ4n) is 7.59. The molecule has 2 aromatic carbocycles. The van der Waals surface area contributed by atoms with Crippen LogP contribution in [-0.2, 0) is 26.5 Å². The van der Waals surface area contributed by atoms with Crippen LogP contribution in [0.4, 0.5) is 5.69 Å². The summed E-state index contributed by atoms with van der Waals surface area (Å²) in [5.74, 6) is 1.64. The van der Waals surface area contributed by atoms with E-state index in [1.165, 1.54) is 16.7 Å². The van der Waals surface area contributed by atoms with Gasteiger partial charge < -0.3 is 14.4 Å². The van der Waals surface area contributed by atoms with Crippen molar-refractivity contribution in [1.82, 2.24) is 4.72 Å².